The van der Waals surface area contributed by atoms with Gasteiger partial charge in [-0.05, 0) is 62.5 Å². The molecule has 102 valence electrons. The summed E-state index contributed by atoms with van der Waals surface area (Å²) in [5.74, 6) is 0.593. The van der Waals surface area contributed by atoms with Gasteiger partial charge in [-0.25, -0.2) is 0 Å². The number of benzene rings is 1. The maximum Gasteiger partial charge on any atom is 0.0705 e. The van der Waals surface area contributed by atoms with E-state index in [4.69, 9.17) is 0 Å². The number of nitrogens with zero attached hydrogens (tertiary/aromatic N) is 1. The van der Waals surface area contributed by atoms with E-state index < -0.39 is 0 Å². The fourth-order valence-corrected chi connectivity index (χ4v) is 2.34. The van der Waals surface area contributed by atoms with Crippen LogP contribution >= 0.6 is 0 Å². The molecule has 1 atom stereocenters. The van der Waals surface area contributed by atoms with Crippen molar-refractivity contribution >= 4 is 10.9 Å². The SMILES string of the molecule is CCCNCCC(C)c1ccc2nc(C)ccc2c1. The van der Waals surface area contributed by atoms with Crippen LogP contribution in [0.5, 0.6) is 0 Å². The highest BCUT2D eigenvalue weighted by atomic mass is 14.8. The topological polar surface area (TPSA) is 24.9 Å². The molecule has 0 saturated heterocycles. The highest BCUT2D eigenvalue weighted by Crippen LogP contribution is 2.23. The Bertz CT molecular complexity index is 534. The van der Waals surface area contributed by atoms with Crippen LogP contribution in [-0.2, 0) is 0 Å². The van der Waals surface area contributed by atoms with Gasteiger partial charge in [0, 0.05) is 11.1 Å². The van der Waals surface area contributed by atoms with Crippen molar-refractivity contribution in [2.45, 2.75) is 39.5 Å². The zero-order valence-corrected chi connectivity index (χ0v) is 12.2. The summed E-state index contributed by atoms with van der Waals surface area (Å²) in [6.45, 7) is 8.76. The van der Waals surface area contributed by atoms with Gasteiger partial charge in [0.2, 0.25) is 0 Å². The Morgan fingerprint density at radius 3 is 2.79 bits per heavy atom. The molecule has 0 spiro atoms. The molecular formula is C17H24N2. The molecule has 1 aromatic carbocycles. The highest BCUT2D eigenvalue weighted by molar-refractivity contribution is 5.79. The minimum atomic E-state index is 0.593. The summed E-state index contributed by atoms with van der Waals surface area (Å²) in [7, 11) is 0. The first-order valence-electron chi connectivity index (χ1n) is 7.28. The van der Waals surface area contributed by atoms with Crippen molar-refractivity contribution in [3.8, 4) is 0 Å². The van der Waals surface area contributed by atoms with E-state index in [-0.39, 0.29) is 0 Å². The third-order valence-electron chi connectivity index (χ3n) is 3.60. The van der Waals surface area contributed by atoms with E-state index in [0.717, 1.165) is 24.3 Å². The van der Waals surface area contributed by atoms with Crippen molar-refractivity contribution in [1.82, 2.24) is 10.3 Å². The fourth-order valence-electron chi connectivity index (χ4n) is 2.34. The van der Waals surface area contributed by atoms with Gasteiger partial charge in [-0.1, -0.05) is 26.0 Å². The third kappa shape index (κ3) is 3.77. The summed E-state index contributed by atoms with van der Waals surface area (Å²) in [6.07, 6.45) is 2.39. The Kier molecular flexibility index (Phi) is 4.92. The van der Waals surface area contributed by atoms with Crippen LogP contribution in [-0.4, -0.2) is 18.1 Å². The smallest absolute Gasteiger partial charge is 0.0705 e. The summed E-state index contributed by atoms with van der Waals surface area (Å²) in [6, 6.07) is 10.9. The summed E-state index contributed by atoms with van der Waals surface area (Å²) < 4.78 is 0. The lowest BCUT2D eigenvalue weighted by molar-refractivity contribution is 0.591. The van der Waals surface area contributed by atoms with E-state index in [0.29, 0.717) is 5.92 Å². The van der Waals surface area contributed by atoms with Gasteiger partial charge in [0.1, 0.15) is 0 Å². The van der Waals surface area contributed by atoms with Gasteiger partial charge in [0.25, 0.3) is 0 Å². The molecule has 0 radical (unpaired) electrons. The molecule has 19 heavy (non-hydrogen) atoms. The van der Waals surface area contributed by atoms with Gasteiger partial charge in [0.15, 0.2) is 0 Å². The molecule has 0 saturated carbocycles. The first-order valence-corrected chi connectivity index (χ1v) is 7.28. The first-order chi connectivity index (χ1) is 9.20. The van der Waals surface area contributed by atoms with E-state index in [9.17, 15) is 0 Å². The van der Waals surface area contributed by atoms with Crippen molar-refractivity contribution in [1.29, 1.82) is 0 Å². The number of fused-ring (bicyclic) bond motifs is 1. The summed E-state index contributed by atoms with van der Waals surface area (Å²) in [5.41, 5.74) is 3.59. The predicted molar refractivity (Wildman–Crippen MR) is 82.7 cm³/mol. The van der Waals surface area contributed by atoms with Crippen LogP contribution in [0.25, 0.3) is 10.9 Å². The number of aryl methyl sites for hydroxylation is 1. The molecule has 2 nitrogen and oxygen atoms in total. The van der Waals surface area contributed by atoms with E-state index in [1.807, 2.05) is 6.92 Å². The van der Waals surface area contributed by atoms with Crippen LogP contribution in [0.15, 0.2) is 30.3 Å². The zero-order chi connectivity index (χ0) is 13.7. The largest absolute Gasteiger partial charge is 0.317 e. The van der Waals surface area contributed by atoms with E-state index in [2.05, 4.69) is 54.5 Å². The minimum absolute atomic E-state index is 0.593. The summed E-state index contributed by atoms with van der Waals surface area (Å²) in [5, 5.41) is 4.71. The van der Waals surface area contributed by atoms with Gasteiger partial charge in [-0.15, -0.1) is 0 Å². The number of hydrogen-bond donors (Lipinski definition) is 1. The Hall–Kier alpha value is -1.41. The molecule has 1 aromatic heterocycles. The molecule has 0 aliphatic rings. The standard InChI is InChI=1S/C17H24N2/c1-4-10-18-11-9-13(2)15-7-8-17-16(12-15)6-5-14(3)19-17/h5-8,12-13,18H,4,9-11H2,1-3H3. The van der Waals surface area contributed by atoms with Crippen molar-refractivity contribution < 1.29 is 0 Å². The molecule has 0 amide bonds. The Morgan fingerprint density at radius 2 is 2.00 bits per heavy atom. The van der Waals surface area contributed by atoms with E-state index >= 15 is 0 Å². The molecule has 0 aliphatic heterocycles. The second-order valence-electron chi connectivity index (χ2n) is 5.34. The highest BCUT2D eigenvalue weighted by Gasteiger charge is 2.06. The van der Waals surface area contributed by atoms with Gasteiger partial charge >= 0.3 is 0 Å². The quantitative estimate of drug-likeness (QED) is 0.789. The van der Waals surface area contributed by atoms with Crippen molar-refractivity contribution in [2.24, 2.45) is 0 Å². The Morgan fingerprint density at radius 1 is 1.16 bits per heavy atom. The maximum atomic E-state index is 4.55. The molecule has 0 aliphatic carbocycles. The van der Waals surface area contributed by atoms with E-state index in [1.165, 1.54) is 23.8 Å². The molecule has 1 unspecified atom stereocenters. The van der Waals surface area contributed by atoms with Crippen LogP contribution in [0.2, 0.25) is 0 Å². The molecule has 2 aromatic rings. The second-order valence-corrected chi connectivity index (χ2v) is 5.34. The van der Waals surface area contributed by atoms with Crippen molar-refractivity contribution in [3.05, 3.63) is 41.6 Å². The lowest BCUT2D eigenvalue weighted by atomic mass is 9.96. The van der Waals surface area contributed by atoms with Gasteiger partial charge in [-0.3, -0.25) is 4.98 Å². The van der Waals surface area contributed by atoms with Crippen LogP contribution in [0, 0.1) is 6.92 Å². The zero-order valence-electron chi connectivity index (χ0n) is 12.2. The maximum absolute atomic E-state index is 4.55. The van der Waals surface area contributed by atoms with Crippen molar-refractivity contribution in [3.63, 3.8) is 0 Å². The number of hydrogen-bond acceptors (Lipinski definition) is 2. The third-order valence-corrected chi connectivity index (χ3v) is 3.60. The fraction of sp³-hybridized carbons (Fsp3) is 0.471. The minimum Gasteiger partial charge on any atom is -0.317 e. The predicted octanol–water partition coefficient (Wildman–Crippen LogP) is 4.04. The number of rotatable bonds is 6. The monoisotopic (exact) mass is 256 g/mol. The van der Waals surface area contributed by atoms with Crippen LogP contribution in [0.4, 0.5) is 0 Å². The molecule has 2 rings (SSSR count). The van der Waals surface area contributed by atoms with E-state index in [1.54, 1.807) is 0 Å². The average Bonchev–Trinajstić information content (AvgIpc) is 2.42. The number of aromatic nitrogens is 1. The molecule has 1 heterocycles. The number of nitrogens with one attached hydrogen (secondary N) is 1. The lowest BCUT2D eigenvalue weighted by Crippen LogP contribution is -2.17. The summed E-state index contributed by atoms with van der Waals surface area (Å²) >= 11 is 0. The normalized spacial score (nSPS) is 12.8. The number of pyridine rings is 1. The molecule has 0 bridgehead atoms. The van der Waals surface area contributed by atoms with Gasteiger partial charge in [-0.2, -0.15) is 0 Å². The first kappa shape index (κ1) is 14.0. The van der Waals surface area contributed by atoms with Crippen LogP contribution in [0.3, 0.4) is 0 Å². The Balaban J connectivity index is 2.05. The summed E-state index contributed by atoms with van der Waals surface area (Å²) in [4.78, 5) is 4.55. The second kappa shape index (κ2) is 6.67. The molecule has 0 fully saturated rings. The van der Waals surface area contributed by atoms with Gasteiger partial charge in [0.05, 0.1) is 5.52 Å². The van der Waals surface area contributed by atoms with Crippen molar-refractivity contribution in [2.75, 3.05) is 13.1 Å². The van der Waals surface area contributed by atoms with Crippen LogP contribution < -0.4 is 5.32 Å². The van der Waals surface area contributed by atoms with Crippen LogP contribution in [0.1, 0.15) is 43.9 Å². The molecule has 1 N–H and O–H groups in total. The van der Waals surface area contributed by atoms with Gasteiger partial charge < -0.3 is 5.32 Å². The molecular weight excluding hydrogens is 232 g/mol. The average molecular weight is 256 g/mol. The Labute approximate surface area is 116 Å². The molecule has 2 heteroatoms. The lowest BCUT2D eigenvalue weighted by Gasteiger charge is -2.13.